The van der Waals surface area contributed by atoms with E-state index in [9.17, 15) is 9.59 Å². The van der Waals surface area contributed by atoms with Crippen molar-refractivity contribution in [3.8, 4) is 0 Å². The molecule has 0 radical (unpaired) electrons. The Morgan fingerprint density at radius 3 is 2.65 bits per heavy atom. The first-order valence-corrected chi connectivity index (χ1v) is 10.1. The van der Waals surface area contributed by atoms with Gasteiger partial charge in [-0.3, -0.25) is 9.36 Å². The zero-order valence-corrected chi connectivity index (χ0v) is 16.5. The number of nitrogens with zero attached hydrogens (tertiary/aromatic N) is 2. The highest BCUT2D eigenvalue weighted by molar-refractivity contribution is 8.00. The molecule has 0 unspecified atom stereocenters. The zero-order valence-electron chi connectivity index (χ0n) is 15.7. The van der Waals surface area contributed by atoms with Crippen LogP contribution in [0.3, 0.4) is 0 Å². The monoisotopic (exact) mass is 376 g/mol. The van der Waals surface area contributed by atoms with Crippen molar-refractivity contribution < 1.29 is 4.79 Å². The summed E-state index contributed by atoms with van der Waals surface area (Å²) in [7, 11) is 0. The highest BCUT2D eigenvalue weighted by Crippen LogP contribution is 2.23. The van der Waals surface area contributed by atoms with E-state index in [1.807, 2.05) is 37.3 Å². The summed E-state index contributed by atoms with van der Waals surface area (Å²) in [6.45, 7) is 6.64. The third kappa shape index (κ3) is 5.49. The molecule has 0 aliphatic heterocycles. The molecule has 6 nitrogen and oxygen atoms in total. The van der Waals surface area contributed by atoms with E-state index in [0.717, 1.165) is 31.2 Å². The van der Waals surface area contributed by atoms with Gasteiger partial charge in [-0.2, -0.15) is 0 Å². The quantitative estimate of drug-likeness (QED) is 0.622. The molecule has 2 N–H and O–H groups in total. The van der Waals surface area contributed by atoms with E-state index >= 15 is 0 Å². The minimum absolute atomic E-state index is 0.00165. The maximum atomic E-state index is 12.7. The molecular formula is C19H28N4O2S. The van der Waals surface area contributed by atoms with Gasteiger partial charge in [0.2, 0.25) is 5.91 Å². The van der Waals surface area contributed by atoms with Crippen molar-refractivity contribution in [1.29, 1.82) is 0 Å². The Morgan fingerprint density at radius 2 is 2.00 bits per heavy atom. The summed E-state index contributed by atoms with van der Waals surface area (Å²) in [5, 5.41) is 9.92. The van der Waals surface area contributed by atoms with Gasteiger partial charge in [-0.25, -0.2) is 9.89 Å². The Morgan fingerprint density at radius 1 is 1.27 bits per heavy atom. The number of aromatic nitrogens is 3. The van der Waals surface area contributed by atoms with Crippen molar-refractivity contribution in [1.82, 2.24) is 20.1 Å². The highest BCUT2D eigenvalue weighted by Gasteiger charge is 2.22. The van der Waals surface area contributed by atoms with E-state index in [2.05, 4.69) is 29.4 Å². The van der Waals surface area contributed by atoms with Crippen LogP contribution in [0.4, 0.5) is 0 Å². The predicted octanol–water partition coefficient (Wildman–Crippen LogP) is 3.51. The Bertz CT molecular complexity index is 741. The number of rotatable bonds is 10. The molecule has 7 heteroatoms. The number of hydrogen-bond acceptors (Lipinski definition) is 4. The molecular weight excluding hydrogens is 348 g/mol. The van der Waals surface area contributed by atoms with Gasteiger partial charge >= 0.3 is 5.69 Å². The summed E-state index contributed by atoms with van der Waals surface area (Å²) in [5.74, 6) is -0.0465. The van der Waals surface area contributed by atoms with Gasteiger partial charge in [0.15, 0.2) is 5.16 Å². The summed E-state index contributed by atoms with van der Waals surface area (Å²) < 4.78 is 1.61. The van der Waals surface area contributed by atoms with Crippen molar-refractivity contribution in [2.24, 2.45) is 0 Å². The van der Waals surface area contributed by atoms with Crippen molar-refractivity contribution >= 4 is 17.7 Å². The molecule has 2 atom stereocenters. The van der Waals surface area contributed by atoms with Gasteiger partial charge in [0.05, 0.1) is 11.3 Å². The van der Waals surface area contributed by atoms with Crippen LogP contribution in [0.15, 0.2) is 40.3 Å². The third-order valence-corrected chi connectivity index (χ3v) is 5.30. The van der Waals surface area contributed by atoms with E-state index < -0.39 is 0 Å². The van der Waals surface area contributed by atoms with Crippen LogP contribution < -0.4 is 11.0 Å². The summed E-state index contributed by atoms with van der Waals surface area (Å²) in [5.41, 5.74) is 0.890. The van der Waals surface area contributed by atoms with Crippen molar-refractivity contribution in [3.63, 3.8) is 0 Å². The molecule has 2 aromatic rings. The van der Waals surface area contributed by atoms with Crippen molar-refractivity contribution in [3.05, 3.63) is 46.4 Å². The number of H-pyrrole nitrogens is 1. The molecule has 26 heavy (non-hydrogen) atoms. The molecule has 0 fully saturated rings. The number of hydrogen-bond donors (Lipinski definition) is 2. The molecule has 2 rings (SSSR count). The van der Waals surface area contributed by atoms with Crippen LogP contribution >= 0.6 is 11.8 Å². The average molecular weight is 377 g/mol. The predicted molar refractivity (Wildman–Crippen MR) is 105 cm³/mol. The number of unbranched alkanes of at least 4 members (excludes halogenated alkanes) is 1. The number of nitrogens with one attached hydrogen (secondary N) is 2. The van der Waals surface area contributed by atoms with Gasteiger partial charge in [-0.1, -0.05) is 68.8 Å². The Balaban J connectivity index is 2.03. The number of benzene rings is 1. The summed E-state index contributed by atoms with van der Waals surface area (Å²) in [6.07, 6.45) is 3.77. The number of aromatic amines is 1. The second kappa shape index (κ2) is 10.2. The fourth-order valence-electron chi connectivity index (χ4n) is 2.70. The van der Waals surface area contributed by atoms with E-state index in [4.69, 9.17) is 0 Å². The van der Waals surface area contributed by atoms with Crippen LogP contribution in [0, 0.1) is 0 Å². The van der Waals surface area contributed by atoms with Crippen LogP contribution in [0.2, 0.25) is 0 Å². The fourth-order valence-corrected chi connectivity index (χ4v) is 3.59. The first-order valence-electron chi connectivity index (χ1n) is 9.24. The Kier molecular flexibility index (Phi) is 7.97. The second-order valence-electron chi connectivity index (χ2n) is 6.34. The maximum Gasteiger partial charge on any atom is 0.343 e. The maximum absolute atomic E-state index is 12.7. The lowest BCUT2D eigenvalue weighted by Gasteiger charge is -2.21. The Hall–Kier alpha value is -2.02. The lowest BCUT2D eigenvalue weighted by molar-refractivity contribution is -0.121. The minimum Gasteiger partial charge on any atom is -0.348 e. The second-order valence-corrected chi connectivity index (χ2v) is 7.65. The van der Waals surface area contributed by atoms with Crippen molar-refractivity contribution in [2.45, 2.75) is 69.4 Å². The van der Waals surface area contributed by atoms with Crippen LogP contribution in [0.5, 0.6) is 0 Å². The summed E-state index contributed by atoms with van der Waals surface area (Å²) in [4.78, 5) is 24.6. The normalized spacial score (nSPS) is 13.3. The van der Waals surface area contributed by atoms with Gasteiger partial charge < -0.3 is 5.32 Å². The molecule has 1 amide bonds. The number of carbonyl (C=O) groups is 1. The van der Waals surface area contributed by atoms with E-state index in [-0.39, 0.29) is 22.9 Å². The van der Waals surface area contributed by atoms with Crippen LogP contribution in [0.25, 0.3) is 0 Å². The molecule has 0 saturated carbocycles. The van der Waals surface area contributed by atoms with Gasteiger partial charge in [0, 0.05) is 6.54 Å². The van der Waals surface area contributed by atoms with Crippen LogP contribution in [-0.4, -0.2) is 25.9 Å². The third-order valence-electron chi connectivity index (χ3n) is 4.21. The SMILES string of the molecule is CCCCn1c(S[C@@H](C)C(=O)N[C@H](CCC)c2ccccc2)n[nH]c1=O. The fraction of sp³-hybridized carbons (Fsp3) is 0.526. The topological polar surface area (TPSA) is 79.8 Å². The van der Waals surface area contributed by atoms with E-state index in [1.165, 1.54) is 11.8 Å². The number of amides is 1. The molecule has 0 spiro atoms. The number of carbonyl (C=O) groups excluding carboxylic acids is 1. The molecule has 1 heterocycles. The van der Waals surface area contributed by atoms with Crippen LogP contribution in [0.1, 0.15) is 58.1 Å². The molecule has 0 bridgehead atoms. The van der Waals surface area contributed by atoms with Crippen LogP contribution in [-0.2, 0) is 11.3 Å². The first kappa shape index (κ1) is 20.3. The van der Waals surface area contributed by atoms with Gasteiger partial charge in [0.25, 0.3) is 0 Å². The standard InChI is InChI=1S/C19H28N4O2S/c1-4-6-13-23-18(25)21-22-19(23)26-14(3)17(24)20-16(10-5-2)15-11-8-7-9-12-15/h7-9,11-12,14,16H,4-6,10,13H2,1-3H3,(H,20,24)(H,21,25)/t14-,16+/m0/s1. The molecule has 1 aromatic heterocycles. The molecule has 0 aliphatic carbocycles. The summed E-state index contributed by atoms with van der Waals surface area (Å²) in [6, 6.07) is 10.0. The van der Waals surface area contributed by atoms with Gasteiger partial charge in [-0.05, 0) is 25.3 Å². The largest absolute Gasteiger partial charge is 0.348 e. The van der Waals surface area contributed by atoms with E-state index in [0.29, 0.717) is 11.7 Å². The highest BCUT2D eigenvalue weighted by atomic mass is 32.2. The lowest BCUT2D eigenvalue weighted by Crippen LogP contribution is -2.34. The molecule has 142 valence electrons. The first-order chi connectivity index (χ1) is 12.6. The van der Waals surface area contributed by atoms with E-state index in [1.54, 1.807) is 4.57 Å². The van der Waals surface area contributed by atoms with Crippen molar-refractivity contribution in [2.75, 3.05) is 0 Å². The average Bonchev–Trinajstić information content (AvgIpc) is 2.99. The number of thioether (sulfide) groups is 1. The smallest absolute Gasteiger partial charge is 0.343 e. The molecule has 1 aromatic carbocycles. The molecule has 0 saturated heterocycles. The van der Waals surface area contributed by atoms with Gasteiger partial charge in [0.1, 0.15) is 0 Å². The lowest BCUT2D eigenvalue weighted by atomic mass is 10.0. The zero-order chi connectivity index (χ0) is 18.9. The minimum atomic E-state index is -0.339. The molecule has 0 aliphatic rings. The summed E-state index contributed by atoms with van der Waals surface area (Å²) >= 11 is 1.31. The van der Waals surface area contributed by atoms with Gasteiger partial charge in [-0.15, -0.1) is 5.10 Å². The Labute approximate surface area is 158 Å².